The van der Waals surface area contributed by atoms with E-state index < -0.39 is 10.0 Å². The molecule has 3 atom stereocenters. The zero-order chi connectivity index (χ0) is 21.3. The Hall–Kier alpha value is -2.58. The van der Waals surface area contributed by atoms with E-state index in [0.29, 0.717) is 11.7 Å². The first kappa shape index (κ1) is 19.4. The highest BCUT2D eigenvalue weighted by Crippen LogP contribution is 2.69. The van der Waals surface area contributed by atoms with Crippen LogP contribution in [-0.4, -0.2) is 18.6 Å². The zero-order valence-corrected chi connectivity index (χ0v) is 17.5. The Morgan fingerprint density at radius 2 is 1.87 bits per heavy atom. The Morgan fingerprint density at radius 1 is 1.13 bits per heavy atom. The maximum absolute atomic E-state index is 13.5. The minimum Gasteiger partial charge on any atom is -0.339 e. The van der Waals surface area contributed by atoms with Gasteiger partial charge in [-0.2, -0.15) is 4.98 Å². The van der Waals surface area contributed by atoms with Gasteiger partial charge in [0.1, 0.15) is 5.82 Å². The summed E-state index contributed by atoms with van der Waals surface area (Å²) < 4.78 is 42.1. The number of rotatable bonds is 4. The van der Waals surface area contributed by atoms with Crippen LogP contribution in [-0.2, 0) is 16.4 Å². The molecule has 1 heterocycles. The van der Waals surface area contributed by atoms with Gasteiger partial charge in [0.25, 0.3) is 0 Å². The number of hydrogen-bond acceptors (Lipinski definition) is 5. The van der Waals surface area contributed by atoms with Crippen LogP contribution in [0.25, 0.3) is 0 Å². The van der Waals surface area contributed by atoms with Crippen molar-refractivity contribution >= 4 is 10.0 Å². The molecule has 0 bridgehead atoms. The maximum atomic E-state index is 13.5. The van der Waals surface area contributed by atoms with Crippen molar-refractivity contribution in [2.75, 3.05) is 0 Å². The molecule has 2 aliphatic carbocycles. The predicted molar refractivity (Wildman–Crippen MR) is 108 cm³/mol. The Morgan fingerprint density at radius 3 is 2.57 bits per heavy atom. The van der Waals surface area contributed by atoms with E-state index in [4.69, 9.17) is 14.6 Å². The molecule has 30 heavy (non-hydrogen) atoms. The van der Waals surface area contributed by atoms with Crippen LogP contribution in [0.15, 0.2) is 51.9 Å². The second-order valence-electron chi connectivity index (χ2n) is 8.82. The van der Waals surface area contributed by atoms with Gasteiger partial charge in [-0.25, -0.2) is 17.9 Å². The van der Waals surface area contributed by atoms with Gasteiger partial charge >= 0.3 is 0 Å². The zero-order valence-electron chi connectivity index (χ0n) is 16.7. The molecule has 0 amide bonds. The van der Waals surface area contributed by atoms with Crippen LogP contribution in [0.4, 0.5) is 4.39 Å². The van der Waals surface area contributed by atoms with E-state index in [1.54, 1.807) is 18.2 Å². The Kier molecular flexibility index (Phi) is 4.17. The van der Waals surface area contributed by atoms with Gasteiger partial charge in [-0.1, -0.05) is 37.2 Å². The molecule has 1 unspecified atom stereocenters. The molecular weight excluding hydrogens is 405 g/mol. The first-order valence-electron chi connectivity index (χ1n) is 9.91. The molecule has 8 heteroatoms. The van der Waals surface area contributed by atoms with Crippen LogP contribution < -0.4 is 5.14 Å². The normalized spacial score (nSPS) is 24.6. The lowest BCUT2D eigenvalue weighted by Crippen LogP contribution is -2.11. The Labute approximate surface area is 174 Å². The van der Waals surface area contributed by atoms with Gasteiger partial charge in [-0.15, -0.1) is 0 Å². The fourth-order valence-corrected chi connectivity index (χ4v) is 5.48. The summed E-state index contributed by atoms with van der Waals surface area (Å²) in [5.41, 5.74) is 2.99. The van der Waals surface area contributed by atoms with Crippen LogP contribution in [0.3, 0.4) is 0 Å². The minimum absolute atomic E-state index is 0.00351. The molecule has 1 fully saturated rings. The summed E-state index contributed by atoms with van der Waals surface area (Å²) in [5.74, 6) is 1.23. The van der Waals surface area contributed by atoms with Crippen LogP contribution in [0.5, 0.6) is 0 Å². The molecule has 0 radical (unpaired) electrons. The fraction of sp³-hybridized carbons (Fsp3) is 0.364. The van der Waals surface area contributed by atoms with E-state index >= 15 is 0 Å². The van der Waals surface area contributed by atoms with E-state index in [2.05, 4.69) is 19.0 Å². The number of primary sulfonamides is 1. The summed E-state index contributed by atoms with van der Waals surface area (Å²) in [6.07, 6.45) is 1.62. The molecular formula is C22H22FN3O3S. The van der Waals surface area contributed by atoms with Crippen molar-refractivity contribution in [3.8, 4) is 0 Å². The average molecular weight is 428 g/mol. The quantitative estimate of drug-likeness (QED) is 0.682. The summed E-state index contributed by atoms with van der Waals surface area (Å²) in [4.78, 5) is 4.81. The van der Waals surface area contributed by atoms with E-state index in [-0.39, 0.29) is 33.9 Å². The molecule has 0 saturated heterocycles. The number of aryl methyl sites for hydroxylation is 1. The maximum Gasteiger partial charge on any atom is 0.238 e. The topological polar surface area (TPSA) is 99.1 Å². The standard InChI is InChI=1S/C22H22FN3O3S/c1-22(2)18(12-3-7-15(8-4-12)30(24,27)28)19(22)20-25-21(29-26-20)17-9-5-13-11-14(23)6-10-16(13)17/h3-4,6-8,10-11,17-19H,5,9H2,1-2H3,(H2,24,27,28)/t17?,18-,19+/m0/s1. The smallest absolute Gasteiger partial charge is 0.238 e. The second-order valence-corrected chi connectivity index (χ2v) is 10.4. The van der Waals surface area contributed by atoms with Crippen LogP contribution in [0.1, 0.15) is 66.4 Å². The third-order valence-corrected chi connectivity index (χ3v) is 7.54. The number of aromatic nitrogens is 2. The third-order valence-electron chi connectivity index (χ3n) is 6.61. The molecule has 1 saturated carbocycles. The number of fused-ring (bicyclic) bond motifs is 1. The van der Waals surface area contributed by atoms with Gasteiger partial charge in [-0.3, -0.25) is 0 Å². The van der Waals surface area contributed by atoms with Crippen molar-refractivity contribution in [3.63, 3.8) is 0 Å². The van der Waals surface area contributed by atoms with Gasteiger partial charge in [0, 0.05) is 11.8 Å². The summed E-state index contributed by atoms with van der Waals surface area (Å²) in [6, 6.07) is 11.5. The summed E-state index contributed by atoms with van der Waals surface area (Å²) >= 11 is 0. The summed E-state index contributed by atoms with van der Waals surface area (Å²) in [6.45, 7) is 4.28. The molecule has 0 aliphatic heterocycles. The van der Waals surface area contributed by atoms with Gasteiger partial charge in [0.2, 0.25) is 15.9 Å². The van der Waals surface area contributed by atoms with Crippen molar-refractivity contribution in [3.05, 3.63) is 76.7 Å². The molecule has 6 nitrogen and oxygen atoms in total. The number of nitrogens with two attached hydrogens (primary N) is 1. The van der Waals surface area contributed by atoms with E-state index in [1.807, 2.05) is 6.07 Å². The van der Waals surface area contributed by atoms with Crippen LogP contribution in [0.2, 0.25) is 0 Å². The number of halogens is 1. The third kappa shape index (κ3) is 3.06. The Bertz CT molecular complexity index is 1230. The van der Waals surface area contributed by atoms with Gasteiger partial charge in [-0.05, 0) is 59.2 Å². The Balaban J connectivity index is 1.41. The van der Waals surface area contributed by atoms with Crippen molar-refractivity contribution in [1.82, 2.24) is 10.1 Å². The van der Waals surface area contributed by atoms with Crippen molar-refractivity contribution in [2.45, 2.75) is 49.3 Å². The van der Waals surface area contributed by atoms with E-state index in [0.717, 1.165) is 29.5 Å². The number of benzene rings is 2. The van der Waals surface area contributed by atoms with Gasteiger partial charge < -0.3 is 4.52 Å². The van der Waals surface area contributed by atoms with E-state index in [9.17, 15) is 12.8 Å². The van der Waals surface area contributed by atoms with E-state index in [1.165, 1.54) is 18.2 Å². The number of sulfonamides is 1. The summed E-state index contributed by atoms with van der Waals surface area (Å²) in [5, 5.41) is 9.46. The molecule has 5 rings (SSSR count). The molecule has 156 valence electrons. The largest absolute Gasteiger partial charge is 0.339 e. The molecule has 0 spiro atoms. The molecule has 2 aromatic carbocycles. The van der Waals surface area contributed by atoms with Gasteiger partial charge in [0.05, 0.1) is 10.8 Å². The van der Waals surface area contributed by atoms with Crippen LogP contribution >= 0.6 is 0 Å². The highest BCUT2D eigenvalue weighted by atomic mass is 32.2. The van der Waals surface area contributed by atoms with Crippen molar-refractivity contribution < 1.29 is 17.3 Å². The number of hydrogen-bond donors (Lipinski definition) is 1. The SMILES string of the molecule is CC1(C)[C@@H](c2ccc(S(N)(=O)=O)cc2)[C@@H]1c1noc(C2CCc3cc(F)ccc32)n1. The molecule has 3 aromatic rings. The fourth-order valence-electron chi connectivity index (χ4n) is 4.96. The average Bonchev–Trinajstić information content (AvgIpc) is 3.06. The molecule has 1 aromatic heterocycles. The highest BCUT2D eigenvalue weighted by molar-refractivity contribution is 7.89. The monoisotopic (exact) mass is 427 g/mol. The first-order chi connectivity index (χ1) is 14.2. The van der Waals surface area contributed by atoms with Crippen molar-refractivity contribution in [2.24, 2.45) is 10.6 Å². The minimum atomic E-state index is -3.72. The lowest BCUT2D eigenvalue weighted by atomic mass is 10.0. The predicted octanol–water partition coefficient (Wildman–Crippen LogP) is 3.84. The lowest BCUT2D eigenvalue weighted by Gasteiger charge is -2.05. The molecule has 2 N–H and O–H groups in total. The van der Waals surface area contributed by atoms with Gasteiger partial charge in [0.15, 0.2) is 5.82 Å². The second kappa shape index (κ2) is 6.46. The lowest BCUT2D eigenvalue weighted by molar-refractivity contribution is 0.359. The van der Waals surface area contributed by atoms with Crippen LogP contribution in [0, 0.1) is 11.2 Å². The molecule has 2 aliphatic rings. The number of nitrogens with zero attached hydrogens (tertiary/aromatic N) is 2. The van der Waals surface area contributed by atoms with Crippen molar-refractivity contribution in [1.29, 1.82) is 0 Å². The summed E-state index contributed by atoms with van der Waals surface area (Å²) in [7, 11) is -3.72. The highest BCUT2D eigenvalue weighted by Gasteiger charge is 2.61. The first-order valence-corrected chi connectivity index (χ1v) is 11.5.